The molecule has 0 bridgehead atoms. The number of aliphatic hydroxyl groups excluding tert-OH is 1. The van der Waals surface area contributed by atoms with Crippen molar-refractivity contribution in [2.75, 3.05) is 6.61 Å². The molecule has 2 rings (SSSR count). The maximum absolute atomic E-state index is 10.3. The predicted octanol–water partition coefficient (Wildman–Crippen LogP) is 3.87. The molecule has 2 nitrogen and oxygen atoms in total. The van der Waals surface area contributed by atoms with Crippen LogP contribution >= 0.6 is 0 Å². The molecule has 1 aliphatic rings. The summed E-state index contributed by atoms with van der Waals surface area (Å²) in [5, 5.41) is 10.3. The first-order valence-corrected chi connectivity index (χ1v) is 6.87. The van der Waals surface area contributed by atoms with Crippen LogP contribution in [0.5, 0.6) is 5.75 Å². The lowest BCUT2D eigenvalue weighted by Gasteiger charge is -2.24. The van der Waals surface area contributed by atoms with Crippen LogP contribution in [0.25, 0.3) is 0 Å². The molecule has 1 aromatic rings. The number of allylic oxidation sites excluding steroid dienone is 2. The van der Waals surface area contributed by atoms with Crippen molar-refractivity contribution in [1.29, 1.82) is 0 Å². The van der Waals surface area contributed by atoms with Crippen molar-refractivity contribution >= 4 is 0 Å². The molecule has 0 radical (unpaired) electrons. The highest BCUT2D eigenvalue weighted by atomic mass is 16.5. The Morgan fingerprint density at radius 1 is 1.28 bits per heavy atom. The first-order valence-electron chi connectivity index (χ1n) is 6.87. The van der Waals surface area contributed by atoms with E-state index in [1.54, 1.807) is 0 Å². The molecule has 0 fully saturated rings. The van der Waals surface area contributed by atoms with Gasteiger partial charge in [0, 0.05) is 0 Å². The van der Waals surface area contributed by atoms with Crippen LogP contribution in [-0.4, -0.2) is 11.7 Å². The summed E-state index contributed by atoms with van der Waals surface area (Å²) < 4.78 is 5.54. The molecule has 1 N–H and O–H groups in total. The molecular weight excluding hydrogens is 224 g/mol. The molecular formula is C16H22O2. The zero-order valence-corrected chi connectivity index (χ0v) is 11.0. The third kappa shape index (κ3) is 3.36. The lowest BCUT2D eigenvalue weighted by atomic mass is 9.86. The van der Waals surface area contributed by atoms with Crippen LogP contribution in [0.15, 0.2) is 36.4 Å². The number of ether oxygens (including phenoxy) is 1. The minimum atomic E-state index is -0.352. The number of hydrogen-bond donors (Lipinski definition) is 1. The Labute approximate surface area is 109 Å². The lowest BCUT2D eigenvalue weighted by Crippen LogP contribution is -2.13. The normalized spacial score (nSPS) is 20.7. The average Bonchev–Trinajstić information content (AvgIpc) is 2.46. The van der Waals surface area contributed by atoms with Crippen LogP contribution in [0.1, 0.15) is 44.3 Å². The van der Waals surface area contributed by atoms with Crippen LogP contribution in [0.4, 0.5) is 0 Å². The molecule has 1 aliphatic carbocycles. The molecule has 2 unspecified atom stereocenters. The van der Waals surface area contributed by atoms with Crippen LogP contribution in [0.3, 0.4) is 0 Å². The first-order chi connectivity index (χ1) is 8.81. The van der Waals surface area contributed by atoms with Gasteiger partial charge in [0.2, 0.25) is 0 Å². The highest BCUT2D eigenvalue weighted by molar-refractivity contribution is 5.29. The minimum Gasteiger partial charge on any atom is -0.494 e. The third-order valence-electron chi connectivity index (χ3n) is 3.45. The molecule has 1 aromatic carbocycles. The predicted molar refractivity (Wildman–Crippen MR) is 73.7 cm³/mol. The Bertz CT molecular complexity index is 381. The van der Waals surface area contributed by atoms with E-state index < -0.39 is 0 Å². The molecule has 0 spiro atoms. The molecule has 2 heteroatoms. The maximum atomic E-state index is 10.3. The molecule has 0 saturated heterocycles. The second kappa shape index (κ2) is 6.60. The highest BCUT2D eigenvalue weighted by Gasteiger charge is 2.20. The van der Waals surface area contributed by atoms with Gasteiger partial charge in [-0.05, 0) is 49.3 Å². The van der Waals surface area contributed by atoms with Crippen LogP contribution in [0.2, 0.25) is 0 Å². The van der Waals surface area contributed by atoms with Gasteiger partial charge in [-0.15, -0.1) is 0 Å². The standard InChI is InChI=1S/C16H22O2/c1-2-12-18-15-10-8-14(9-11-15)16(17)13-6-4-3-5-7-13/h3-4,8-11,13,16-17H,2,5-7,12H2,1H3. The van der Waals surface area contributed by atoms with Gasteiger partial charge in [-0.2, -0.15) is 0 Å². The lowest BCUT2D eigenvalue weighted by molar-refractivity contribution is 0.102. The summed E-state index contributed by atoms with van der Waals surface area (Å²) in [5.74, 6) is 1.24. The van der Waals surface area contributed by atoms with E-state index in [1.807, 2.05) is 24.3 Å². The van der Waals surface area contributed by atoms with Crippen molar-refractivity contribution in [2.45, 2.75) is 38.7 Å². The zero-order valence-electron chi connectivity index (χ0n) is 11.0. The molecule has 0 aliphatic heterocycles. The minimum absolute atomic E-state index is 0.352. The van der Waals surface area contributed by atoms with Crippen LogP contribution in [0, 0.1) is 5.92 Å². The van der Waals surface area contributed by atoms with E-state index >= 15 is 0 Å². The Hall–Kier alpha value is -1.28. The van der Waals surface area contributed by atoms with Crippen LogP contribution < -0.4 is 4.74 Å². The number of hydrogen-bond acceptors (Lipinski definition) is 2. The summed E-state index contributed by atoms with van der Waals surface area (Å²) in [6.45, 7) is 2.84. The van der Waals surface area contributed by atoms with Gasteiger partial charge in [0.05, 0.1) is 12.7 Å². The van der Waals surface area contributed by atoms with Crippen molar-refractivity contribution in [3.63, 3.8) is 0 Å². The van der Waals surface area contributed by atoms with Gasteiger partial charge in [0.25, 0.3) is 0 Å². The van der Waals surface area contributed by atoms with Crippen molar-refractivity contribution in [1.82, 2.24) is 0 Å². The highest BCUT2D eigenvalue weighted by Crippen LogP contribution is 2.32. The van der Waals surface area contributed by atoms with Gasteiger partial charge >= 0.3 is 0 Å². The molecule has 98 valence electrons. The topological polar surface area (TPSA) is 29.5 Å². The Balaban J connectivity index is 1.97. The van der Waals surface area contributed by atoms with Gasteiger partial charge in [0.1, 0.15) is 5.75 Å². The van der Waals surface area contributed by atoms with Crippen molar-refractivity contribution in [2.24, 2.45) is 5.92 Å². The van der Waals surface area contributed by atoms with E-state index in [4.69, 9.17) is 4.74 Å². The fourth-order valence-electron chi connectivity index (χ4n) is 2.36. The molecule has 0 aromatic heterocycles. The van der Waals surface area contributed by atoms with Gasteiger partial charge in [-0.3, -0.25) is 0 Å². The first kappa shape index (κ1) is 13.2. The average molecular weight is 246 g/mol. The van der Waals surface area contributed by atoms with E-state index in [0.29, 0.717) is 5.92 Å². The molecule has 0 amide bonds. The van der Waals surface area contributed by atoms with Crippen molar-refractivity contribution in [3.8, 4) is 5.75 Å². The third-order valence-corrected chi connectivity index (χ3v) is 3.45. The fourth-order valence-corrected chi connectivity index (χ4v) is 2.36. The summed E-state index contributed by atoms with van der Waals surface area (Å²) in [6.07, 6.45) is 8.18. The number of benzene rings is 1. The maximum Gasteiger partial charge on any atom is 0.119 e. The van der Waals surface area contributed by atoms with Crippen LogP contribution in [-0.2, 0) is 0 Å². The summed E-state index contributed by atoms with van der Waals surface area (Å²) in [7, 11) is 0. The van der Waals surface area contributed by atoms with Gasteiger partial charge in [-0.1, -0.05) is 31.2 Å². The van der Waals surface area contributed by atoms with Crippen molar-refractivity contribution < 1.29 is 9.84 Å². The zero-order chi connectivity index (χ0) is 12.8. The molecule has 18 heavy (non-hydrogen) atoms. The monoisotopic (exact) mass is 246 g/mol. The largest absolute Gasteiger partial charge is 0.494 e. The van der Waals surface area contributed by atoms with E-state index in [2.05, 4.69) is 19.1 Å². The summed E-state index contributed by atoms with van der Waals surface area (Å²) in [6, 6.07) is 7.86. The smallest absolute Gasteiger partial charge is 0.119 e. The molecule has 2 atom stereocenters. The second-order valence-corrected chi connectivity index (χ2v) is 4.91. The Morgan fingerprint density at radius 3 is 2.67 bits per heavy atom. The fraction of sp³-hybridized carbons (Fsp3) is 0.500. The number of rotatable bonds is 5. The summed E-state index contributed by atoms with van der Waals surface area (Å²) >= 11 is 0. The number of aliphatic hydroxyl groups is 1. The van der Waals surface area contributed by atoms with Gasteiger partial charge in [-0.25, -0.2) is 0 Å². The van der Waals surface area contributed by atoms with E-state index in [-0.39, 0.29) is 6.10 Å². The van der Waals surface area contributed by atoms with E-state index in [9.17, 15) is 5.11 Å². The Kier molecular flexibility index (Phi) is 4.82. The van der Waals surface area contributed by atoms with Gasteiger partial charge < -0.3 is 9.84 Å². The van der Waals surface area contributed by atoms with Gasteiger partial charge in [0.15, 0.2) is 0 Å². The SMILES string of the molecule is CCCOc1ccc(C(O)C2CC=CCC2)cc1. The molecule has 0 saturated carbocycles. The van der Waals surface area contributed by atoms with E-state index in [0.717, 1.165) is 43.6 Å². The van der Waals surface area contributed by atoms with E-state index in [1.165, 1.54) is 0 Å². The quantitative estimate of drug-likeness (QED) is 0.799. The second-order valence-electron chi connectivity index (χ2n) is 4.91. The summed E-state index contributed by atoms with van der Waals surface area (Å²) in [4.78, 5) is 0. The Morgan fingerprint density at radius 2 is 2.06 bits per heavy atom. The summed E-state index contributed by atoms with van der Waals surface area (Å²) in [5.41, 5.74) is 0.999. The van der Waals surface area contributed by atoms with Crippen molar-refractivity contribution in [3.05, 3.63) is 42.0 Å². The molecule has 0 heterocycles.